The summed E-state index contributed by atoms with van der Waals surface area (Å²) in [5.74, 6) is -0.0544. The summed E-state index contributed by atoms with van der Waals surface area (Å²) < 4.78 is 0. The van der Waals surface area contributed by atoms with Gasteiger partial charge in [0.15, 0.2) is 0 Å². The van der Waals surface area contributed by atoms with Crippen LogP contribution in [0, 0.1) is 0 Å². The molecule has 0 bridgehead atoms. The van der Waals surface area contributed by atoms with Crippen LogP contribution in [-0.2, 0) is 11.3 Å². The van der Waals surface area contributed by atoms with E-state index in [4.69, 9.17) is 5.11 Å². The second-order valence-corrected chi connectivity index (χ2v) is 3.87. The van der Waals surface area contributed by atoms with E-state index >= 15 is 0 Å². The molecule has 0 fully saturated rings. The molecule has 0 unspecified atom stereocenters. The summed E-state index contributed by atoms with van der Waals surface area (Å²) in [5, 5.41) is 8.65. The topological polar surface area (TPSA) is 66.3 Å². The van der Waals surface area contributed by atoms with Crippen LogP contribution in [0.4, 0.5) is 0 Å². The van der Waals surface area contributed by atoms with Gasteiger partial charge < -0.3 is 5.11 Å². The molecule has 1 aromatic rings. The van der Waals surface area contributed by atoms with Gasteiger partial charge in [0.1, 0.15) is 5.82 Å². The molecule has 0 saturated heterocycles. The molecule has 0 atom stereocenters. The summed E-state index contributed by atoms with van der Waals surface area (Å²) in [6, 6.07) is 2.05. The minimum atomic E-state index is -0.778. The fourth-order valence-corrected chi connectivity index (χ4v) is 1.35. The van der Waals surface area contributed by atoms with Gasteiger partial charge in [0.05, 0.1) is 13.0 Å². The zero-order valence-electron chi connectivity index (χ0n) is 9.63. The maximum Gasteiger partial charge on any atom is 0.304 e. The van der Waals surface area contributed by atoms with Gasteiger partial charge in [-0.05, 0) is 19.9 Å². The molecule has 0 radical (unpaired) electrons. The molecule has 0 aliphatic rings. The van der Waals surface area contributed by atoms with Gasteiger partial charge in [0.2, 0.25) is 0 Å². The Hall–Kier alpha value is -1.49. The number of aliphatic carboxylic acids is 1. The number of aromatic nitrogens is 2. The fraction of sp³-hybridized carbons (Fsp3) is 0.545. The van der Waals surface area contributed by atoms with E-state index < -0.39 is 5.97 Å². The van der Waals surface area contributed by atoms with Gasteiger partial charge in [-0.1, -0.05) is 0 Å². The molecule has 5 nitrogen and oxygen atoms in total. The third-order valence-corrected chi connectivity index (χ3v) is 2.31. The maximum absolute atomic E-state index is 10.5. The molecular formula is C11H17N3O2. The van der Waals surface area contributed by atoms with Crippen LogP contribution in [0.3, 0.4) is 0 Å². The number of nitrogens with zero attached hydrogens (tertiary/aromatic N) is 3. The van der Waals surface area contributed by atoms with Crippen molar-refractivity contribution in [2.75, 3.05) is 6.54 Å². The van der Waals surface area contributed by atoms with Crippen molar-refractivity contribution in [3.05, 3.63) is 24.3 Å². The van der Waals surface area contributed by atoms with E-state index in [0.29, 0.717) is 13.1 Å². The van der Waals surface area contributed by atoms with Gasteiger partial charge in [-0.2, -0.15) is 0 Å². The molecule has 0 aromatic carbocycles. The van der Waals surface area contributed by atoms with Crippen LogP contribution in [-0.4, -0.2) is 38.5 Å². The molecule has 0 amide bonds. The average molecular weight is 223 g/mol. The van der Waals surface area contributed by atoms with Crippen LogP contribution < -0.4 is 0 Å². The highest BCUT2D eigenvalue weighted by atomic mass is 16.4. The highest BCUT2D eigenvalue weighted by Crippen LogP contribution is 2.04. The first-order valence-electron chi connectivity index (χ1n) is 5.31. The number of carboxylic acids is 1. The lowest BCUT2D eigenvalue weighted by Crippen LogP contribution is -2.33. The molecule has 0 aliphatic heterocycles. The van der Waals surface area contributed by atoms with Crippen molar-refractivity contribution in [3.8, 4) is 0 Å². The molecule has 16 heavy (non-hydrogen) atoms. The Morgan fingerprint density at radius 3 is 2.56 bits per heavy atom. The second kappa shape index (κ2) is 6.17. The van der Waals surface area contributed by atoms with Crippen molar-refractivity contribution >= 4 is 5.97 Å². The molecule has 0 spiro atoms. The van der Waals surface area contributed by atoms with Gasteiger partial charge in [0, 0.05) is 25.0 Å². The standard InChI is InChI=1S/C11H17N3O2/c1-9(2)14(7-4-11(15)16)8-10-12-5-3-6-13-10/h3,5-6,9H,4,7-8H2,1-2H3,(H,15,16). The largest absolute Gasteiger partial charge is 0.481 e. The van der Waals surface area contributed by atoms with Gasteiger partial charge in [0.25, 0.3) is 0 Å². The summed E-state index contributed by atoms with van der Waals surface area (Å²) in [6.07, 6.45) is 3.53. The lowest BCUT2D eigenvalue weighted by molar-refractivity contribution is -0.137. The van der Waals surface area contributed by atoms with Crippen molar-refractivity contribution in [2.24, 2.45) is 0 Å². The van der Waals surface area contributed by atoms with Crippen molar-refractivity contribution in [1.29, 1.82) is 0 Å². The van der Waals surface area contributed by atoms with Crippen LogP contribution >= 0.6 is 0 Å². The summed E-state index contributed by atoms with van der Waals surface area (Å²) in [5.41, 5.74) is 0. The van der Waals surface area contributed by atoms with E-state index in [1.54, 1.807) is 18.5 Å². The highest BCUT2D eigenvalue weighted by Gasteiger charge is 2.12. The molecule has 5 heteroatoms. The summed E-state index contributed by atoms with van der Waals surface area (Å²) in [4.78, 5) is 20.8. The Balaban J connectivity index is 2.54. The molecular weight excluding hydrogens is 206 g/mol. The molecule has 1 rings (SSSR count). The minimum Gasteiger partial charge on any atom is -0.481 e. The Kier molecular flexibility index (Phi) is 4.85. The van der Waals surface area contributed by atoms with E-state index in [1.165, 1.54) is 0 Å². The molecule has 0 aliphatic carbocycles. The van der Waals surface area contributed by atoms with E-state index in [0.717, 1.165) is 5.82 Å². The smallest absolute Gasteiger partial charge is 0.304 e. The van der Waals surface area contributed by atoms with Gasteiger partial charge >= 0.3 is 5.97 Å². The van der Waals surface area contributed by atoms with Crippen LogP contribution in [0.2, 0.25) is 0 Å². The third-order valence-electron chi connectivity index (χ3n) is 2.31. The lowest BCUT2D eigenvalue weighted by atomic mass is 10.2. The van der Waals surface area contributed by atoms with Crippen molar-refractivity contribution in [1.82, 2.24) is 14.9 Å². The minimum absolute atomic E-state index is 0.144. The predicted molar refractivity (Wildman–Crippen MR) is 59.8 cm³/mol. The van der Waals surface area contributed by atoms with E-state index in [1.807, 2.05) is 18.7 Å². The first kappa shape index (κ1) is 12.6. The lowest BCUT2D eigenvalue weighted by Gasteiger charge is -2.24. The van der Waals surface area contributed by atoms with Crippen LogP contribution in [0.15, 0.2) is 18.5 Å². The van der Waals surface area contributed by atoms with Gasteiger partial charge in [-0.15, -0.1) is 0 Å². The average Bonchev–Trinajstić information content (AvgIpc) is 2.25. The van der Waals surface area contributed by atoms with Gasteiger partial charge in [-0.3, -0.25) is 9.69 Å². The zero-order valence-corrected chi connectivity index (χ0v) is 9.63. The Bertz CT molecular complexity index is 327. The summed E-state index contributed by atoms with van der Waals surface area (Å²) in [6.45, 7) is 5.17. The molecule has 1 N–H and O–H groups in total. The number of rotatable bonds is 6. The number of hydrogen-bond donors (Lipinski definition) is 1. The quantitative estimate of drug-likeness (QED) is 0.784. The van der Waals surface area contributed by atoms with Crippen LogP contribution in [0.1, 0.15) is 26.1 Å². The normalized spacial score (nSPS) is 11.0. The van der Waals surface area contributed by atoms with Crippen molar-refractivity contribution in [3.63, 3.8) is 0 Å². The molecule has 1 heterocycles. The molecule has 88 valence electrons. The first-order valence-corrected chi connectivity index (χ1v) is 5.31. The third kappa shape index (κ3) is 4.35. The van der Waals surface area contributed by atoms with Crippen molar-refractivity contribution < 1.29 is 9.90 Å². The maximum atomic E-state index is 10.5. The van der Waals surface area contributed by atoms with E-state index in [2.05, 4.69) is 9.97 Å². The number of hydrogen-bond acceptors (Lipinski definition) is 4. The number of carbonyl (C=O) groups is 1. The van der Waals surface area contributed by atoms with Gasteiger partial charge in [-0.25, -0.2) is 9.97 Å². The summed E-state index contributed by atoms with van der Waals surface area (Å²) >= 11 is 0. The Morgan fingerprint density at radius 1 is 1.44 bits per heavy atom. The number of carboxylic acid groups (broad SMARTS) is 1. The van der Waals surface area contributed by atoms with Crippen LogP contribution in [0.25, 0.3) is 0 Å². The highest BCUT2D eigenvalue weighted by molar-refractivity contribution is 5.66. The van der Waals surface area contributed by atoms with E-state index in [9.17, 15) is 4.79 Å². The molecule has 1 aromatic heterocycles. The van der Waals surface area contributed by atoms with Crippen molar-refractivity contribution in [2.45, 2.75) is 32.9 Å². The first-order chi connectivity index (χ1) is 7.59. The second-order valence-electron chi connectivity index (χ2n) is 3.87. The van der Waals surface area contributed by atoms with E-state index in [-0.39, 0.29) is 12.5 Å². The fourth-order valence-electron chi connectivity index (χ4n) is 1.35. The van der Waals surface area contributed by atoms with Crippen LogP contribution in [0.5, 0.6) is 0 Å². The monoisotopic (exact) mass is 223 g/mol. The predicted octanol–water partition coefficient (Wildman–Crippen LogP) is 1.16. The SMILES string of the molecule is CC(C)N(CCC(=O)O)Cc1ncccn1. The molecule has 0 saturated carbocycles. The Morgan fingerprint density at radius 2 is 2.06 bits per heavy atom. The summed E-state index contributed by atoms with van der Waals surface area (Å²) in [7, 11) is 0. The zero-order chi connectivity index (χ0) is 12.0. The Labute approximate surface area is 95.1 Å².